The van der Waals surface area contributed by atoms with Gasteiger partial charge in [-0.25, -0.2) is 0 Å². The number of rotatable bonds is 8. The van der Waals surface area contributed by atoms with Crippen molar-refractivity contribution in [3.05, 3.63) is 220 Å². The zero-order chi connectivity index (χ0) is 46.6. The minimum atomic E-state index is -0.816. The first-order valence-electron chi connectivity index (χ1n) is 19.7. The van der Waals surface area contributed by atoms with E-state index in [0.717, 1.165) is 0 Å². The molecule has 66 heavy (non-hydrogen) atoms. The Morgan fingerprint density at radius 2 is 0.545 bits per heavy atom. The maximum absolute atomic E-state index is 14.2. The zero-order valence-corrected chi connectivity index (χ0v) is 36.5. The predicted octanol–water partition coefficient (Wildman–Crippen LogP) is 10.9. The molecule has 12 nitrogen and oxygen atoms in total. The number of nitrogens with one attached hydrogen (secondary N) is 4. The largest absolute Gasteiger partial charge is 0.321 e. The number of hydrogen-bond donors (Lipinski definition) is 4. The second-order valence-electron chi connectivity index (χ2n) is 14.8. The van der Waals surface area contributed by atoms with Crippen LogP contribution in [-0.4, -0.2) is 46.8 Å². The van der Waals surface area contributed by atoms with Crippen LogP contribution in [0.1, 0.15) is 105 Å². The standard InChI is InChI=1S/C50H26Cl4N4O8/c51-31-17-3-15-29(41(31)53)49(65)57-35-21-7-13-27-39(35)45(61)25-11-5-19-33(37(25)43(27)59)55-47(63)23-9-1-2-10-24(23)48(64)56-34-20-6-12-26-38(34)44(60)28-14-8-22-36(40(28)46(26)62)58-50(66)30-16-4-18-32(52)42(30)54/h1-22H,(H,55,63)(H,56,64)(H,57,65)(H,58,66). The van der Waals surface area contributed by atoms with Gasteiger partial charge >= 0.3 is 0 Å². The molecule has 2 aliphatic rings. The Labute approximate surface area is 393 Å². The van der Waals surface area contributed by atoms with Gasteiger partial charge in [0, 0.05) is 22.3 Å². The average molecular weight is 953 g/mol. The lowest BCUT2D eigenvalue weighted by Crippen LogP contribution is -2.27. The van der Waals surface area contributed by atoms with E-state index in [4.69, 9.17) is 46.4 Å². The van der Waals surface area contributed by atoms with Crippen molar-refractivity contribution in [3.63, 3.8) is 0 Å². The first kappa shape index (κ1) is 43.5. The van der Waals surface area contributed by atoms with Gasteiger partial charge in [-0.3, -0.25) is 38.4 Å². The Morgan fingerprint density at radius 1 is 0.303 bits per heavy atom. The maximum atomic E-state index is 14.2. The van der Waals surface area contributed by atoms with E-state index in [0.29, 0.717) is 0 Å². The number of amides is 4. The summed E-state index contributed by atoms with van der Waals surface area (Å²) >= 11 is 24.7. The molecule has 7 aromatic rings. The minimum Gasteiger partial charge on any atom is -0.321 e. The van der Waals surface area contributed by atoms with Crippen LogP contribution in [0.2, 0.25) is 20.1 Å². The van der Waals surface area contributed by atoms with Crippen LogP contribution in [0.25, 0.3) is 0 Å². The number of ketones is 4. The summed E-state index contributed by atoms with van der Waals surface area (Å²) in [6.45, 7) is 0. The van der Waals surface area contributed by atoms with Crippen LogP contribution in [0, 0.1) is 0 Å². The molecule has 0 spiro atoms. The molecule has 0 bridgehead atoms. The molecule has 0 aliphatic heterocycles. The van der Waals surface area contributed by atoms with Crippen molar-refractivity contribution < 1.29 is 38.4 Å². The van der Waals surface area contributed by atoms with Crippen molar-refractivity contribution >= 4 is 116 Å². The van der Waals surface area contributed by atoms with E-state index in [1.165, 1.54) is 121 Å². The van der Waals surface area contributed by atoms with E-state index < -0.39 is 46.8 Å². The Balaban J connectivity index is 0.969. The van der Waals surface area contributed by atoms with Crippen LogP contribution < -0.4 is 21.3 Å². The van der Waals surface area contributed by atoms with Gasteiger partial charge in [0.1, 0.15) is 0 Å². The highest BCUT2D eigenvalue weighted by atomic mass is 35.5. The van der Waals surface area contributed by atoms with Gasteiger partial charge in [0.2, 0.25) is 0 Å². The first-order chi connectivity index (χ1) is 31.7. The molecule has 0 atom stereocenters. The lowest BCUT2D eigenvalue weighted by Gasteiger charge is -2.23. The van der Waals surface area contributed by atoms with E-state index in [9.17, 15) is 38.4 Å². The fourth-order valence-electron chi connectivity index (χ4n) is 7.90. The molecule has 4 amide bonds. The highest BCUT2D eigenvalue weighted by Gasteiger charge is 2.37. The highest BCUT2D eigenvalue weighted by molar-refractivity contribution is 6.45. The topological polar surface area (TPSA) is 185 Å². The normalized spacial score (nSPS) is 12.3. The second-order valence-corrected chi connectivity index (χ2v) is 16.4. The number of carbonyl (C=O) groups excluding carboxylic acids is 8. The van der Waals surface area contributed by atoms with Gasteiger partial charge in [-0.05, 0) is 60.7 Å². The van der Waals surface area contributed by atoms with E-state index in [-0.39, 0.29) is 110 Å². The second kappa shape index (κ2) is 17.3. The van der Waals surface area contributed by atoms with Gasteiger partial charge in [0.05, 0.1) is 87.3 Å². The molecule has 2 aliphatic carbocycles. The number of hydrogen-bond acceptors (Lipinski definition) is 8. The molecule has 7 aromatic carbocycles. The smallest absolute Gasteiger partial charge is 0.257 e. The van der Waals surface area contributed by atoms with Gasteiger partial charge < -0.3 is 21.3 Å². The van der Waals surface area contributed by atoms with Gasteiger partial charge in [0.15, 0.2) is 23.1 Å². The molecule has 0 unspecified atom stereocenters. The number of benzene rings is 7. The minimum absolute atomic E-state index is 0.00623. The lowest BCUT2D eigenvalue weighted by atomic mass is 9.82. The summed E-state index contributed by atoms with van der Waals surface area (Å²) in [4.78, 5) is 111. The summed E-state index contributed by atoms with van der Waals surface area (Å²) in [5.74, 6) is -5.40. The fourth-order valence-corrected chi connectivity index (χ4v) is 8.67. The summed E-state index contributed by atoms with van der Waals surface area (Å²) in [5.41, 5.74) is -0.626. The van der Waals surface area contributed by atoms with Crippen LogP contribution in [0.4, 0.5) is 22.7 Å². The Morgan fingerprint density at radius 3 is 0.833 bits per heavy atom. The third kappa shape index (κ3) is 7.51. The van der Waals surface area contributed by atoms with Crippen molar-refractivity contribution in [3.8, 4) is 0 Å². The summed E-state index contributed by atoms with van der Waals surface area (Å²) < 4.78 is 0. The third-order valence-corrected chi connectivity index (χ3v) is 12.6. The molecule has 0 saturated carbocycles. The average Bonchev–Trinajstić information content (AvgIpc) is 3.31. The molecule has 9 rings (SSSR count). The summed E-state index contributed by atoms with van der Waals surface area (Å²) in [7, 11) is 0. The Hall–Kier alpha value is -7.74. The number of fused-ring (bicyclic) bond motifs is 4. The molecule has 0 saturated heterocycles. The molecule has 0 fully saturated rings. The fraction of sp³-hybridized carbons (Fsp3) is 0. The third-order valence-electron chi connectivity index (χ3n) is 10.9. The molecule has 322 valence electrons. The molecule has 0 aromatic heterocycles. The van der Waals surface area contributed by atoms with Crippen molar-refractivity contribution in [1.29, 1.82) is 0 Å². The molecular formula is C50H26Cl4N4O8. The van der Waals surface area contributed by atoms with E-state index >= 15 is 0 Å². The van der Waals surface area contributed by atoms with Gasteiger partial charge in [-0.1, -0.05) is 119 Å². The predicted molar refractivity (Wildman–Crippen MR) is 251 cm³/mol. The van der Waals surface area contributed by atoms with Crippen LogP contribution in [0.15, 0.2) is 133 Å². The summed E-state index contributed by atoms with van der Waals surface area (Å²) in [6.07, 6.45) is 0. The summed E-state index contributed by atoms with van der Waals surface area (Å²) in [5, 5.41) is 11.0. The summed E-state index contributed by atoms with van der Waals surface area (Å²) in [6, 6.07) is 32.2. The molecule has 4 N–H and O–H groups in total. The van der Waals surface area contributed by atoms with E-state index in [1.807, 2.05) is 0 Å². The van der Waals surface area contributed by atoms with Crippen molar-refractivity contribution in [2.24, 2.45) is 0 Å². The highest BCUT2D eigenvalue weighted by Crippen LogP contribution is 2.39. The lowest BCUT2D eigenvalue weighted by molar-refractivity contribution is 0.0975. The number of carbonyl (C=O) groups is 8. The first-order valence-corrected chi connectivity index (χ1v) is 21.2. The number of anilines is 4. The van der Waals surface area contributed by atoms with Crippen molar-refractivity contribution in [2.45, 2.75) is 0 Å². The van der Waals surface area contributed by atoms with Crippen LogP contribution in [0.5, 0.6) is 0 Å². The van der Waals surface area contributed by atoms with Crippen LogP contribution >= 0.6 is 46.4 Å². The van der Waals surface area contributed by atoms with Crippen LogP contribution in [0.3, 0.4) is 0 Å². The van der Waals surface area contributed by atoms with E-state index in [2.05, 4.69) is 21.3 Å². The van der Waals surface area contributed by atoms with Crippen molar-refractivity contribution in [1.82, 2.24) is 0 Å². The van der Waals surface area contributed by atoms with Gasteiger partial charge in [-0.2, -0.15) is 0 Å². The van der Waals surface area contributed by atoms with Gasteiger partial charge in [-0.15, -0.1) is 0 Å². The Bertz CT molecular complexity index is 3170. The zero-order valence-electron chi connectivity index (χ0n) is 33.5. The number of halogens is 4. The van der Waals surface area contributed by atoms with Gasteiger partial charge in [0.25, 0.3) is 23.6 Å². The van der Waals surface area contributed by atoms with Crippen molar-refractivity contribution in [2.75, 3.05) is 21.3 Å². The quantitative estimate of drug-likeness (QED) is 0.116. The Kier molecular flexibility index (Phi) is 11.4. The van der Waals surface area contributed by atoms with E-state index in [1.54, 1.807) is 12.1 Å². The molecule has 16 heteroatoms. The monoisotopic (exact) mass is 950 g/mol. The molecular weight excluding hydrogens is 926 g/mol. The molecule has 0 heterocycles. The maximum Gasteiger partial charge on any atom is 0.257 e. The SMILES string of the molecule is O=C(Nc1cccc2c1C(=O)c1cccc(NC(=O)c3cccc(Cl)c3Cl)c1C2=O)c1ccccc1C(=O)Nc1cccc2c1C(=O)c1cccc(NC(=O)c3cccc(Cl)c3Cl)c1C2=O. The van der Waals surface area contributed by atoms with Crippen LogP contribution in [-0.2, 0) is 0 Å². The molecule has 0 radical (unpaired) electrons.